The summed E-state index contributed by atoms with van der Waals surface area (Å²) in [5, 5.41) is 26.5. The van der Waals surface area contributed by atoms with Crippen LogP contribution in [0.4, 0.5) is 14.5 Å². The summed E-state index contributed by atoms with van der Waals surface area (Å²) in [5.41, 5.74) is -2.25. The summed E-state index contributed by atoms with van der Waals surface area (Å²) in [7, 11) is -2.92. The van der Waals surface area contributed by atoms with Gasteiger partial charge in [-0.25, -0.2) is 22.3 Å². The third-order valence-corrected chi connectivity index (χ3v) is 5.05. The lowest BCUT2D eigenvalue weighted by molar-refractivity contribution is 0.101. The Balaban J connectivity index is 2.31. The molecule has 1 amide bonds. The molecule has 0 saturated heterocycles. The predicted molar refractivity (Wildman–Crippen MR) is 115 cm³/mol. The van der Waals surface area contributed by atoms with Gasteiger partial charge in [0.25, 0.3) is 5.91 Å². The van der Waals surface area contributed by atoms with Crippen molar-refractivity contribution >= 4 is 21.6 Å². The minimum Gasteiger partial charge on any atom is -0.490 e. The molecule has 1 heterocycles. The van der Waals surface area contributed by atoms with Crippen LogP contribution in [0, 0.1) is 29.0 Å². The minimum absolute atomic E-state index is 0.0850. The van der Waals surface area contributed by atoms with Crippen molar-refractivity contribution in [3.63, 3.8) is 0 Å². The number of carbonyl (C=O) groups excluding carboxylic acids is 1. The van der Waals surface area contributed by atoms with Crippen molar-refractivity contribution in [2.45, 2.75) is 36.9 Å². The quantitative estimate of drug-likeness (QED) is 0.515. The minimum atomic E-state index is -4.30. The van der Waals surface area contributed by atoms with E-state index in [0.717, 1.165) is 18.3 Å². The van der Waals surface area contributed by atoms with Gasteiger partial charge in [-0.2, -0.15) is 5.26 Å². The van der Waals surface area contributed by atoms with Crippen LogP contribution in [0.5, 0.6) is 5.75 Å². The number of anilines is 1. The molecule has 4 N–H and O–H groups in total. The first kappa shape index (κ1) is 25.8. The average Bonchev–Trinajstić information content (AvgIpc) is 3.04. The highest BCUT2D eigenvalue weighted by molar-refractivity contribution is 7.89. The molecular formula is C21H22F2N4O5S. The van der Waals surface area contributed by atoms with Crippen LogP contribution < -0.4 is 15.2 Å². The number of hydrogen-bond acceptors (Lipinski definition) is 6. The molecular weight excluding hydrogens is 458 g/mol. The summed E-state index contributed by atoms with van der Waals surface area (Å²) < 4.78 is 57.6. The second kappa shape index (κ2) is 10.0. The van der Waals surface area contributed by atoms with Crippen LogP contribution in [-0.4, -0.2) is 42.4 Å². The molecule has 2 aromatic rings. The van der Waals surface area contributed by atoms with E-state index in [2.05, 4.69) is 17.2 Å². The number of rotatable bonds is 7. The molecule has 0 aliphatic heterocycles. The largest absolute Gasteiger partial charge is 0.490 e. The Labute approximate surface area is 189 Å². The first-order valence-electron chi connectivity index (χ1n) is 9.48. The number of aryl methyl sites for hydroxylation is 1. The summed E-state index contributed by atoms with van der Waals surface area (Å²) in [4.78, 5) is 12.4. The number of aliphatic hydroxyl groups excluding tert-OH is 1. The fourth-order valence-electron chi connectivity index (χ4n) is 2.66. The molecule has 176 valence electrons. The average molecular weight is 480 g/mol. The van der Waals surface area contributed by atoms with Crippen molar-refractivity contribution in [3.8, 4) is 23.7 Å². The number of nitrogens with zero attached hydrogens (tertiary/aromatic N) is 2. The van der Waals surface area contributed by atoms with Crippen LogP contribution in [0.25, 0.3) is 0 Å². The first-order chi connectivity index (χ1) is 15.2. The van der Waals surface area contributed by atoms with Gasteiger partial charge in [0, 0.05) is 25.4 Å². The van der Waals surface area contributed by atoms with Crippen LogP contribution in [0.15, 0.2) is 29.3 Å². The fraction of sp³-hybridized carbons (Fsp3) is 0.333. The van der Waals surface area contributed by atoms with Gasteiger partial charge in [-0.05, 0) is 32.0 Å². The van der Waals surface area contributed by atoms with Crippen molar-refractivity contribution < 1.29 is 31.8 Å². The number of amides is 1. The Kier molecular flexibility index (Phi) is 7.82. The summed E-state index contributed by atoms with van der Waals surface area (Å²) in [6.45, 7) is 2.17. The summed E-state index contributed by atoms with van der Waals surface area (Å²) >= 11 is 0. The molecule has 12 heteroatoms. The van der Waals surface area contributed by atoms with E-state index in [1.54, 1.807) is 6.07 Å². The maximum atomic E-state index is 13.5. The number of alkyl halides is 1. The van der Waals surface area contributed by atoms with E-state index in [9.17, 15) is 27.1 Å². The number of aromatic nitrogens is 1. The van der Waals surface area contributed by atoms with E-state index in [1.165, 1.54) is 31.5 Å². The monoisotopic (exact) mass is 480 g/mol. The Bertz CT molecular complexity index is 1260. The highest BCUT2D eigenvalue weighted by atomic mass is 32.2. The van der Waals surface area contributed by atoms with Gasteiger partial charge in [-0.3, -0.25) is 4.79 Å². The molecule has 33 heavy (non-hydrogen) atoms. The van der Waals surface area contributed by atoms with E-state index >= 15 is 0 Å². The van der Waals surface area contributed by atoms with E-state index in [4.69, 9.17) is 15.1 Å². The molecule has 0 aliphatic rings. The molecule has 2 rings (SSSR count). The second-order valence-corrected chi connectivity index (χ2v) is 9.01. The second-order valence-electron chi connectivity index (χ2n) is 7.48. The zero-order valence-corrected chi connectivity index (χ0v) is 18.8. The van der Waals surface area contributed by atoms with E-state index in [1.807, 2.05) is 0 Å². The number of ether oxygens (including phenoxy) is 1. The Morgan fingerprint density at radius 2 is 2.09 bits per heavy atom. The van der Waals surface area contributed by atoms with E-state index < -0.39 is 38.4 Å². The number of sulfonamides is 1. The number of nitrogens with two attached hydrogens (primary N) is 1. The van der Waals surface area contributed by atoms with Gasteiger partial charge in [0.15, 0.2) is 17.1 Å². The van der Waals surface area contributed by atoms with Gasteiger partial charge >= 0.3 is 0 Å². The number of aliphatic hydroxyl groups is 1. The lowest BCUT2D eigenvalue weighted by atomic mass is 10.1. The normalized spacial score (nSPS) is 12.3. The summed E-state index contributed by atoms with van der Waals surface area (Å²) in [5.74, 6) is 2.57. The smallest absolute Gasteiger partial charge is 0.276 e. The molecule has 1 atom stereocenters. The molecule has 9 nitrogen and oxygen atoms in total. The van der Waals surface area contributed by atoms with Crippen LogP contribution >= 0.6 is 0 Å². The van der Waals surface area contributed by atoms with Gasteiger partial charge < -0.3 is 19.7 Å². The number of benzene rings is 1. The van der Waals surface area contributed by atoms with Gasteiger partial charge in [-0.15, -0.1) is 0 Å². The standard InChI is InChI=1S/C21H22F2N4O5S/c1-21(2,23)8-6-15(28)7-9-32-19-17(33(25,30)31)12-27(3)18(19)20(29)26-14-4-5-16(22)13(10-14)11-24/h4-5,10,12,15,28H,7,9H2,1-3H3,(H,26,29)(H2,25,30,31)/t15-/m0/s1. The van der Waals surface area contributed by atoms with Gasteiger partial charge in [-0.1, -0.05) is 11.8 Å². The number of nitrogens with one attached hydrogen (secondary N) is 1. The summed E-state index contributed by atoms with van der Waals surface area (Å²) in [6.07, 6.45) is -0.304. The number of carbonyl (C=O) groups is 1. The highest BCUT2D eigenvalue weighted by Gasteiger charge is 2.28. The summed E-state index contributed by atoms with van der Waals surface area (Å²) in [6, 6.07) is 4.97. The SMILES string of the molecule is Cn1cc(S(N)(=O)=O)c(OCC[C@@H](O)C#CC(C)(C)F)c1C(=O)Nc1ccc(F)c(C#N)c1. The van der Waals surface area contributed by atoms with Crippen molar-refractivity contribution in [2.75, 3.05) is 11.9 Å². The number of nitriles is 1. The van der Waals surface area contributed by atoms with Crippen LogP contribution in [-0.2, 0) is 17.1 Å². The Morgan fingerprint density at radius 3 is 2.67 bits per heavy atom. The van der Waals surface area contributed by atoms with Gasteiger partial charge in [0.2, 0.25) is 10.0 Å². The zero-order valence-electron chi connectivity index (χ0n) is 18.0. The van der Waals surface area contributed by atoms with Crippen molar-refractivity contribution in [1.29, 1.82) is 5.26 Å². The van der Waals surface area contributed by atoms with Crippen LogP contribution in [0.2, 0.25) is 0 Å². The lowest BCUT2D eigenvalue weighted by Gasteiger charge is -2.12. The fourth-order valence-corrected chi connectivity index (χ4v) is 3.38. The van der Waals surface area contributed by atoms with Crippen LogP contribution in [0.1, 0.15) is 36.3 Å². The molecule has 1 aromatic heterocycles. The lowest BCUT2D eigenvalue weighted by Crippen LogP contribution is -2.19. The maximum Gasteiger partial charge on any atom is 0.276 e. The first-order valence-corrected chi connectivity index (χ1v) is 11.0. The Hall–Kier alpha value is -3.45. The van der Waals surface area contributed by atoms with Crippen LogP contribution in [0.3, 0.4) is 0 Å². The van der Waals surface area contributed by atoms with E-state index in [-0.39, 0.29) is 35.7 Å². The number of halogens is 2. The zero-order chi connectivity index (χ0) is 25.0. The Morgan fingerprint density at radius 1 is 1.42 bits per heavy atom. The van der Waals surface area contributed by atoms with Crippen molar-refractivity contribution in [1.82, 2.24) is 4.57 Å². The topological polar surface area (TPSA) is 147 Å². The molecule has 0 unspecified atom stereocenters. The molecule has 0 bridgehead atoms. The van der Waals surface area contributed by atoms with Crippen molar-refractivity contribution in [2.24, 2.45) is 12.2 Å². The molecule has 0 fully saturated rings. The van der Waals surface area contributed by atoms with Gasteiger partial charge in [0.05, 0.1) is 12.2 Å². The predicted octanol–water partition coefficient (Wildman–Crippen LogP) is 1.82. The molecule has 0 radical (unpaired) electrons. The molecule has 0 saturated carbocycles. The third kappa shape index (κ3) is 7.02. The molecule has 0 spiro atoms. The molecule has 0 aliphatic carbocycles. The van der Waals surface area contributed by atoms with E-state index in [0.29, 0.717) is 0 Å². The molecule has 1 aromatic carbocycles. The third-order valence-electron chi connectivity index (χ3n) is 4.14. The number of primary sulfonamides is 1. The van der Waals surface area contributed by atoms with Crippen molar-refractivity contribution in [3.05, 3.63) is 41.5 Å². The maximum absolute atomic E-state index is 13.5. The van der Waals surface area contributed by atoms with Gasteiger partial charge in [0.1, 0.15) is 22.9 Å². The highest BCUT2D eigenvalue weighted by Crippen LogP contribution is 2.30. The number of hydrogen-bond donors (Lipinski definition) is 3.